The largest absolute Gasteiger partial charge is 0.320 e. The molecule has 0 rings (SSSR count). The summed E-state index contributed by atoms with van der Waals surface area (Å²) >= 11 is 0. The second-order valence-corrected chi connectivity index (χ2v) is 7.55. The minimum absolute atomic E-state index is 0.323. The zero-order valence-electron chi connectivity index (χ0n) is 13.1. The highest BCUT2D eigenvalue weighted by Crippen LogP contribution is 2.41. The van der Waals surface area contributed by atoms with Crippen LogP contribution in [0.5, 0.6) is 0 Å². The Kier molecular flexibility index (Phi) is 6.47. The van der Waals surface area contributed by atoms with Crippen LogP contribution in [0.25, 0.3) is 0 Å². The molecule has 1 N–H and O–H groups in total. The number of allylic oxidation sites excluding steroid dienone is 1. The van der Waals surface area contributed by atoms with Crippen molar-refractivity contribution < 1.29 is 0 Å². The highest BCUT2D eigenvalue weighted by molar-refractivity contribution is 5.06. The Hall–Kier alpha value is -0.300. The summed E-state index contributed by atoms with van der Waals surface area (Å²) in [7, 11) is 2.01. The first-order chi connectivity index (χ1) is 7.58. The van der Waals surface area contributed by atoms with E-state index in [1.54, 1.807) is 0 Å². The highest BCUT2D eigenvalue weighted by atomic mass is 14.8. The lowest BCUT2D eigenvalue weighted by atomic mass is 9.68. The molecule has 0 heterocycles. The van der Waals surface area contributed by atoms with Crippen LogP contribution in [0.2, 0.25) is 0 Å². The molecule has 0 saturated heterocycles. The molecular weight excluding hydrogens is 206 g/mol. The molecule has 102 valence electrons. The normalized spacial score (nSPS) is 14.8. The first-order valence-electron chi connectivity index (χ1n) is 6.90. The first kappa shape index (κ1) is 16.7. The van der Waals surface area contributed by atoms with E-state index < -0.39 is 0 Å². The maximum absolute atomic E-state index is 4.35. The second kappa shape index (κ2) is 6.58. The minimum Gasteiger partial charge on any atom is -0.320 e. The molecule has 0 saturated carbocycles. The van der Waals surface area contributed by atoms with Gasteiger partial charge in [-0.15, -0.1) is 0 Å². The average Bonchev–Trinajstić information content (AvgIpc) is 2.11. The monoisotopic (exact) mass is 239 g/mol. The molecule has 0 amide bonds. The van der Waals surface area contributed by atoms with Gasteiger partial charge in [0.2, 0.25) is 0 Å². The van der Waals surface area contributed by atoms with E-state index >= 15 is 0 Å². The molecule has 0 bridgehead atoms. The number of rotatable bonds is 6. The Balaban J connectivity index is 4.54. The molecule has 1 atom stereocenters. The van der Waals surface area contributed by atoms with Gasteiger partial charge >= 0.3 is 0 Å². The SMILES string of the molecule is C=C(CCCNC)C(CC(C)(C)C)C(C)(C)C. The Morgan fingerprint density at radius 1 is 1.12 bits per heavy atom. The fourth-order valence-corrected chi connectivity index (χ4v) is 2.34. The summed E-state index contributed by atoms with van der Waals surface area (Å²) in [5.74, 6) is 0.624. The smallest absolute Gasteiger partial charge is 0.00489 e. The molecule has 0 aromatic carbocycles. The van der Waals surface area contributed by atoms with Crippen molar-refractivity contribution in [2.24, 2.45) is 16.7 Å². The van der Waals surface area contributed by atoms with Crippen LogP contribution in [-0.2, 0) is 0 Å². The van der Waals surface area contributed by atoms with Crippen molar-refractivity contribution in [3.05, 3.63) is 12.2 Å². The third kappa shape index (κ3) is 7.59. The summed E-state index contributed by atoms with van der Waals surface area (Å²) in [6.07, 6.45) is 3.58. The summed E-state index contributed by atoms with van der Waals surface area (Å²) in [6.45, 7) is 19.4. The van der Waals surface area contributed by atoms with Crippen molar-refractivity contribution in [2.45, 2.75) is 60.8 Å². The van der Waals surface area contributed by atoms with Crippen molar-refractivity contribution in [3.63, 3.8) is 0 Å². The molecule has 1 heteroatoms. The molecule has 0 aliphatic heterocycles. The van der Waals surface area contributed by atoms with E-state index in [1.807, 2.05) is 7.05 Å². The van der Waals surface area contributed by atoms with Crippen LogP contribution in [0.4, 0.5) is 0 Å². The van der Waals surface area contributed by atoms with E-state index in [0.717, 1.165) is 13.0 Å². The van der Waals surface area contributed by atoms with Crippen LogP contribution in [0, 0.1) is 16.7 Å². The predicted octanol–water partition coefficient (Wildman–Crippen LogP) is 4.64. The van der Waals surface area contributed by atoms with E-state index in [2.05, 4.69) is 53.4 Å². The predicted molar refractivity (Wildman–Crippen MR) is 79.3 cm³/mol. The Morgan fingerprint density at radius 2 is 1.65 bits per heavy atom. The van der Waals surface area contributed by atoms with Crippen LogP contribution < -0.4 is 5.32 Å². The Morgan fingerprint density at radius 3 is 2.00 bits per heavy atom. The summed E-state index contributed by atoms with van der Waals surface area (Å²) in [5, 5.41) is 3.21. The van der Waals surface area contributed by atoms with Gasteiger partial charge in [0, 0.05) is 0 Å². The topological polar surface area (TPSA) is 12.0 Å². The van der Waals surface area contributed by atoms with Gasteiger partial charge in [0.15, 0.2) is 0 Å². The summed E-state index contributed by atoms with van der Waals surface area (Å²) in [4.78, 5) is 0. The second-order valence-electron chi connectivity index (χ2n) is 7.55. The van der Waals surface area contributed by atoms with Crippen molar-refractivity contribution in [2.75, 3.05) is 13.6 Å². The fourth-order valence-electron chi connectivity index (χ4n) is 2.34. The zero-order valence-corrected chi connectivity index (χ0v) is 13.1. The van der Waals surface area contributed by atoms with Crippen molar-refractivity contribution >= 4 is 0 Å². The van der Waals surface area contributed by atoms with E-state index in [4.69, 9.17) is 0 Å². The standard InChI is InChI=1S/C16H33N/c1-13(10-9-11-17-8)14(16(5,6)7)12-15(2,3)4/h14,17H,1,9-12H2,2-8H3. The fraction of sp³-hybridized carbons (Fsp3) is 0.875. The average molecular weight is 239 g/mol. The molecule has 0 radical (unpaired) electrons. The molecule has 1 unspecified atom stereocenters. The quantitative estimate of drug-likeness (QED) is 0.526. The van der Waals surface area contributed by atoms with Gasteiger partial charge in [0.25, 0.3) is 0 Å². The third-order valence-electron chi connectivity index (χ3n) is 3.28. The van der Waals surface area contributed by atoms with E-state index in [-0.39, 0.29) is 0 Å². The van der Waals surface area contributed by atoms with Crippen molar-refractivity contribution in [1.82, 2.24) is 5.32 Å². The van der Waals surface area contributed by atoms with Gasteiger partial charge in [0.05, 0.1) is 0 Å². The van der Waals surface area contributed by atoms with Crippen molar-refractivity contribution in [3.8, 4) is 0 Å². The van der Waals surface area contributed by atoms with Gasteiger partial charge in [-0.05, 0) is 49.6 Å². The molecule has 17 heavy (non-hydrogen) atoms. The van der Waals surface area contributed by atoms with E-state index in [1.165, 1.54) is 18.4 Å². The summed E-state index contributed by atoms with van der Waals surface area (Å²) in [6, 6.07) is 0. The summed E-state index contributed by atoms with van der Waals surface area (Å²) < 4.78 is 0. The minimum atomic E-state index is 0.323. The van der Waals surface area contributed by atoms with Crippen LogP contribution in [0.3, 0.4) is 0 Å². The molecule has 0 fully saturated rings. The van der Waals surface area contributed by atoms with Gasteiger partial charge in [-0.2, -0.15) is 0 Å². The summed E-state index contributed by atoms with van der Waals surface area (Å²) in [5.41, 5.74) is 2.14. The molecule has 1 nitrogen and oxygen atoms in total. The van der Waals surface area contributed by atoms with Gasteiger partial charge in [0.1, 0.15) is 0 Å². The molecule has 0 spiro atoms. The van der Waals surface area contributed by atoms with Crippen LogP contribution in [-0.4, -0.2) is 13.6 Å². The number of nitrogens with one attached hydrogen (secondary N) is 1. The zero-order chi connectivity index (χ0) is 13.7. The van der Waals surface area contributed by atoms with E-state index in [9.17, 15) is 0 Å². The number of hydrogen-bond donors (Lipinski definition) is 1. The van der Waals surface area contributed by atoms with Gasteiger partial charge in [-0.25, -0.2) is 0 Å². The molecule has 0 aliphatic rings. The van der Waals surface area contributed by atoms with Crippen LogP contribution >= 0.6 is 0 Å². The lowest BCUT2D eigenvalue weighted by molar-refractivity contribution is 0.192. The molecule has 0 aromatic heterocycles. The van der Waals surface area contributed by atoms with Crippen molar-refractivity contribution in [1.29, 1.82) is 0 Å². The van der Waals surface area contributed by atoms with Gasteiger partial charge in [-0.1, -0.05) is 53.7 Å². The molecule has 0 aliphatic carbocycles. The highest BCUT2D eigenvalue weighted by Gasteiger charge is 2.30. The van der Waals surface area contributed by atoms with Gasteiger partial charge < -0.3 is 5.32 Å². The van der Waals surface area contributed by atoms with E-state index in [0.29, 0.717) is 16.7 Å². The Bertz CT molecular complexity index is 227. The van der Waals surface area contributed by atoms with Crippen LogP contribution in [0.1, 0.15) is 60.8 Å². The third-order valence-corrected chi connectivity index (χ3v) is 3.28. The molecule has 0 aromatic rings. The Labute approximate surface area is 109 Å². The molecular formula is C16H33N. The van der Waals surface area contributed by atoms with Crippen LogP contribution in [0.15, 0.2) is 12.2 Å². The lowest BCUT2D eigenvalue weighted by Crippen LogP contribution is -2.27. The first-order valence-corrected chi connectivity index (χ1v) is 6.90. The number of hydrogen-bond acceptors (Lipinski definition) is 1. The lowest BCUT2D eigenvalue weighted by Gasteiger charge is -2.37. The maximum atomic E-state index is 4.35. The van der Waals surface area contributed by atoms with Gasteiger partial charge in [-0.3, -0.25) is 0 Å². The maximum Gasteiger partial charge on any atom is -0.00489 e.